The van der Waals surface area contributed by atoms with E-state index in [-0.39, 0.29) is 17.6 Å². The first kappa shape index (κ1) is 12.9. The van der Waals surface area contributed by atoms with Crippen LogP contribution in [0.5, 0.6) is 0 Å². The molecule has 1 atom stereocenters. The van der Waals surface area contributed by atoms with Gasteiger partial charge < -0.3 is 4.74 Å². The van der Waals surface area contributed by atoms with Crippen molar-refractivity contribution < 1.29 is 13.2 Å². The third-order valence-corrected chi connectivity index (χ3v) is 4.63. The average Bonchev–Trinajstić information content (AvgIpc) is 2.68. The Morgan fingerprint density at radius 1 is 1.41 bits per heavy atom. The zero-order valence-corrected chi connectivity index (χ0v) is 11.0. The molecule has 1 aliphatic heterocycles. The summed E-state index contributed by atoms with van der Waals surface area (Å²) in [6.45, 7) is 0.678. The molecular weight excluding hydrogens is 260 g/mol. The standard InChI is InChI=1S/C12H15ClO3S/c13-11-4-1-3-10(7-11)8-17(14,15)9-12-5-2-6-16-12/h1,3-4,7,12H,2,5-6,8-9H2. The van der Waals surface area contributed by atoms with Gasteiger partial charge in [0.1, 0.15) is 0 Å². The molecule has 1 aromatic rings. The molecule has 0 bridgehead atoms. The van der Waals surface area contributed by atoms with Crippen molar-refractivity contribution in [2.24, 2.45) is 0 Å². The lowest BCUT2D eigenvalue weighted by molar-refractivity contribution is 0.127. The first-order chi connectivity index (χ1) is 8.05. The molecule has 3 nitrogen and oxygen atoms in total. The molecule has 17 heavy (non-hydrogen) atoms. The Hall–Kier alpha value is -0.580. The van der Waals surface area contributed by atoms with Crippen LogP contribution in [0.3, 0.4) is 0 Å². The van der Waals surface area contributed by atoms with Gasteiger partial charge in [-0.2, -0.15) is 0 Å². The molecule has 2 rings (SSSR count). The lowest BCUT2D eigenvalue weighted by atomic mass is 10.2. The molecule has 1 unspecified atom stereocenters. The largest absolute Gasteiger partial charge is 0.377 e. The summed E-state index contributed by atoms with van der Waals surface area (Å²) >= 11 is 5.82. The Balaban J connectivity index is 2.01. The van der Waals surface area contributed by atoms with Gasteiger partial charge in [-0.1, -0.05) is 23.7 Å². The van der Waals surface area contributed by atoms with E-state index in [2.05, 4.69) is 0 Å². The van der Waals surface area contributed by atoms with Crippen molar-refractivity contribution in [3.8, 4) is 0 Å². The van der Waals surface area contributed by atoms with Gasteiger partial charge in [-0.3, -0.25) is 0 Å². The van der Waals surface area contributed by atoms with Gasteiger partial charge >= 0.3 is 0 Å². The Morgan fingerprint density at radius 3 is 2.88 bits per heavy atom. The summed E-state index contributed by atoms with van der Waals surface area (Å²) in [5.41, 5.74) is 0.732. The second kappa shape index (κ2) is 5.38. The molecule has 1 aromatic carbocycles. The number of hydrogen-bond acceptors (Lipinski definition) is 3. The topological polar surface area (TPSA) is 43.4 Å². The molecule has 0 aromatic heterocycles. The summed E-state index contributed by atoms with van der Waals surface area (Å²) in [5, 5.41) is 0.565. The first-order valence-electron chi connectivity index (χ1n) is 5.62. The minimum absolute atomic E-state index is 0.0351. The maximum absolute atomic E-state index is 11.9. The molecule has 1 saturated heterocycles. The van der Waals surface area contributed by atoms with Crippen molar-refractivity contribution in [2.45, 2.75) is 24.7 Å². The summed E-state index contributed by atoms with van der Waals surface area (Å²) < 4.78 is 29.2. The second-order valence-corrected chi connectivity index (χ2v) is 6.87. The molecule has 1 fully saturated rings. The average molecular weight is 275 g/mol. The van der Waals surface area contributed by atoms with Crippen LogP contribution in [-0.4, -0.2) is 26.9 Å². The zero-order chi connectivity index (χ0) is 12.3. The maximum atomic E-state index is 11.9. The van der Waals surface area contributed by atoms with E-state index in [1.807, 2.05) is 0 Å². The van der Waals surface area contributed by atoms with E-state index in [0.717, 1.165) is 18.4 Å². The quantitative estimate of drug-likeness (QED) is 0.847. The van der Waals surface area contributed by atoms with Crippen LogP contribution >= 0.6 is 11.6 Å². The number of benzene rings is 1. The van der Waals surface area contributed by atoms with Gasteiger partial charge in [-0.15, -0.1) is 0 Å². The molecular formula is C12H15ClO3S. The van der Waals surface area contributed by atoms with Crippen molar-refractivity contribution in [2.75, 3.05) is 12.4 Å². The monoisotopic (exact) mass is 274 g/mol. The fraction of sp³-hybridized carbons (Fsp3) is 0.500. The molecule has 0 spiro atoms. The van der Waals surface area contributed by atoms with Gasteiger partial charge in [0, 0.05) is 11.6 Å². The fourth-order valence-corrected chi connectivity index (χ4v) is 3.85. The van der Waals surface area contributed by atoms with Gasteiger partial charge in [0.2, 0.25) is 0 Å². The van der Waals surface area contributed by atoms with Crippen molar-refractivity contribution in [1.29, 1.82) is 0 Å². The van der Waals surface area contributed by atoms with Crippen LogP contribution in [0.15, 0.2) is 24.3 Å². The molecule has 94 valence electrons. The van der Waals surface area contributed by atoms with Gasteiger partial charge in [0.25, 0.3) is 0 Å². The highest BCUT2D eigenvalue weighted by molar-refractivity contribution is 7.90. The summed E-state index contributed by atoms with van der Waals surface area (Å²) in [4.78, 5) is 0. The van der Waals surface area contributed by atoms with E-state index in [4.69, 9.17) is 16.3 Å². The number of halogens is 1. The first-order valence-corrected chi connectivity index (χ1v) is 7.81. The van der Waals surface area contributed by atoms with E-state index in [0.29, 0.717) is 11.6 Å². The molecule has 1 aliphatic rings. The molecule has 0 radical (unpaired) electrons. The third kappa shape index (κ3) is 3.98. The highest BCUT2D eigenvalue weighted by atomic mass is 35.5. The highest BCUT2D eigenvalue weighted by Gasteiger charge is 2.23. The van der Waals surface area contributed by atoms with Crippen LogP contribution in [0.25, 0.3) is 0 Å². The zero-order valence-electron chi connectivity index (χ0n) is 9.43. The Labute approximate surface area is 107 Å². The van der Waals surface area contributed by atoms with Crippen molar-refractivity contribution in [3.05, 3.63) is 34.9 Å². The second-order valence-electron chi connectivity index (χ2n) is 4.32. The summed E-state index contributed by atoms with van der Waals surface area (Å²) in [6.07, 6.45) is 1.67. The van der Waals surface area contributed by atoms with Crippen molar-refractivity contribution in [1.82, 2.24) is 0 Å². The van der Waals surface area contributed by atoms with E-state index in [1.54, 1.807) is 24.3 Å². The lowest BCUT2D eigenvalue weighted by Gasteiger charge is -2.10. The normalized spacial score (nSPS) is 20.6. The predicted octanol–water partition coefficient (Wildman–Crippen LogP) is 2.43. The van der Waals surface area contributed by atoms with Crippen LogP contribution in [0.2, 0.25) is 5.02 Å². The smallest absolute Gasteiger partial charge is 0.156 e. The van der Waals surface area contributed by atoms with Crippen LogP contribution < -0.4 is 0 Å². The van der Waals surface area contributed by atoms with E-state index in [1.165, 1.54) is 0 Å². The van der Waals surface area contributed by atoms with Crippen LogP contribution in [0, 0.1) is 0 Å². The minimum atomic E-state index is -3.12. The van der Waals surface area contributed by atoms with E-state index in [9.17, 15) is 8.42 Å². The Bertz CT molecular complexity index is 478. The highest BCUT2D eigenvalue weighted by Crippen LogP contribution is 2.18. The molecule has 0 aliphatic carbocycles. The van der Waals surface area contributed by atoms with Crippen LogP contribution in [0.1, 0.15) is 18.4 Å². The van der Waals surface area contributed by atoms with Crippen LogP contribution in [0.4, 0.5) is 0 Å². The van der Waals surface area contributed by atoms with Crippen molar-refractivity contribution >= 4 is 21.4 Å². The number of rotatable bonds is 4. The van der Waals surface area contributed by atoms with E-state index < -0.39 is 9.84 Å². The molecule has 1 heterocycles. The van der Waals surface area contributed by atoms with Crippen LogP contribution in [-0.2, 0) is 20.3 Å². The van der Waals surface area contributed by atoms with Crippen molar-refractivity contribution in [3.63, 3.8) is 0 Å². The fourth-order valence-electron chi connectivity index (χ4n) is 2.00. The predicted molar refractivity (Wildman–Crippen MR) is 67.9 cm³/mol. The van der Waals surface area contributed by atoms with Gasteiger partial charge in [0.05, 0.1) is 17.6 Å². The number of ether oxygens (including phenoxy) is 1. The minimum Gasteiger partial charge on any atom is -0.377 e. The van der Waals surface area contributed by atoms with E-state index >= 15 is 0 Å². The van der Waals surface area contributed by atoms with Gasteiger partial charge in [0.15, 0.2) is 9.84 Å². The Kier molecular flexibility index (Phi) is 4.07. The van der Waals surface area contributed by atoms with Gasteiger partial charge in [-0.05, 0) is 30.5 Å². The Morgan fingerprint density at radius 2 is 2.24 bits per heavy atom. The number of hydrogen-bond donors (Lipinski definition) is 0. The number of sulfone groups is 1. The lowest BCUT2D eigenvalue weighted by Crippen LogP contribution is -2.21. The summed E-state index contributed by atoms with van der Waals surface area (Å²) in [7, 11) is -3.12. The maximum Gasteiger partial charge on any atom is 0.156 e. The molecule has 0 saturated carbocycles. The molecule has 0 N–H and O–H groups in total. The summed E-state index contributed by atoms with van der Waals surface area (Å²) in [6, 6.07) is 6.96. The molecule has 0 amide bonds. The third-order valence-electron chi connectivity index (χ3n) is 2.74. The SMILES string of the molecule is O=S(=O)(Cc1cccc(Cl)c1)CC1CCCO1. The van der Waals surface area contributed by atoms with Gasteiger partial charge in [-0.25, -0.2) is 8.42 Å². The summed E-state index contributed by atoms with van der Waals surface area (Å²) in [5.74, 6) is 0.146. The molecule has 5 heteroatoms.